The van der Waals surface area contributed by atoms with E-state index < -0.39 is 5.60 Å². The summed E-state index contributed by atoms with van der Waals surface area (Å²) in [5.41, 5.74) is 0.965. The molecular weight excluding hydrogens is 202 g/mol. The molecule has 1 unspecified atom stereocenters. The van der Waals surface area contributed by atoms with Gasteiger partial charge in [-0.3, -0.25) is 9.78 Å². The standard InChI is InChI=1S/C13H13NO2/c1-9-3-4-10-7-11(13(2,16)8-15)5-6-12(10)14-9/h3-8,16H,1-2H3. The first-order valence-electron chi connectivity index (χ1n) is 5.09. The summed E-state index contributed by atoms with van der Waals surface area (Å²) in [5, 5.41) is 10.7. The van der Waals surface area contributed by atoms with E-state index in [2.05, 4.69) is 4.98 Å². The molecule has 0 bridgehead atoms. The molecular formula is C13H13NO2. The van der Waals surface area contributed by atoms with Gasteiger partial charge in [0.15, 0.2) is 6.29 Å². The van der Waals surface area contributed by atoms with Crippen molar-refractivity contribution in [3.8, 4) is 0 Å². The zero-order valence-electron chi connectivity index (χ0n) is 9.27. The van der Waals surface area contributed by atoms with Crippen LogP contribution in [0.3, 0.4) is 0 Å². The summed E-state index contributed by atoms with van der Waals surface area (Å²) in [5.74, 6) is 0. The van der Waals surface area contributed by atoms with Crippen LogP contribution in [0.4, 0.5) is 0 Å². The van der Waals surface area contributed by atoms with Gasteiger partial charge in [0.2, 0.25) is 0 Å². The van der Waals surface area contributed by atoms with E-state index in [4.69, 9.17) is 0 Å². The first-order chi connectivity index (χ1) is 7.53. The number of carbonyl (C=O) groups is 1. The van der Waals surface area contributed by atoms with Crippen molar-refractivity contribution < 1.29 is 9.90 Å². The van der Waals surface area contributed by atoms with Crippen molar-refractivity contribution in [1.29, 1.82) is 0 Å². The van der Waals surface area contributed by atoms with Crippen LogP contribution < -0.4 is 0 Å². The van der Waals surface area contributed by atoms with E-state index in [0.29, 0.717) is 11.8 Å². The van der Waals surface area contributed by atoms with Crippen molar-refractivity contribution in [2.45, 2.75) is 19.4 Å². The van der Waals surface area contributed by atoms with E-state index >= 15 is 0 Å². The van der Waals surface area contributed by atoms with Crippen LogP contribution >= 0.6 is 0 Å². The SMILES string of the molecule is Cc1ccc2cc(C(C)(O)C=O)ccc2n1. The zero-order valence-corrected chi connectivity index (χ0v) is 9.27. The lowest BCUT2D eigenvalue weighted by Gasteiger charge is -2.16. The average molecular weight is 215 g/mol. The number of carbonyl (C=O) groups excluding carboxylic acids is 1. The Morgan fingerprint density at radius 1 is 1.31 bits per heavy atom. The van der Waals surface area contributed by atoms with Crippen LogP contribution in [0.15, 0.2) is 30.3 Å². The lowest BCUT2D eigenvalue weighted by molar-refractivity contribution is -0.123. The fourth-order valence-corrected chi connectivity index (χ4v) is 1.61. The topological polar surface area (TPSA) is 50.2 Å². The van der Waals surface area contributed by atoms with Crippen molar-refractivity contribution in [2.75, 3.05) is 0 Å². The van der Waals surface area contributed by atoms with E-state index in [9.17, 15) is 9.90 Å². The van der Waals surface area contributed by atoms with Gasteiger partial charge in [0, 0.05) is 11.1 Å². The molecule has 0 saturated heterocycles. The van der Waals surface area contributed by atoms with Crippen LogP contribution in [0.1, 0.15) is 18.2 Å². The molecule has 2 rings (SSSR count). The van der Waals surface area contributed by atoms with Gasteiger partial charge < -0.3 is 5.11 Å². The van der Waals surface area contributed by atoms with E-state index in [-0.39, 0.29) is 0 Å². The molecule has 1 aromatic heterocycles. The maximum Gasteiger partial charge on any atom is 0.155 e. The van der Waals surface area contributed by atoms with Crippen LogP contribution in [0.2, 0.25) is 0 Å². The first kappa shape index (κ1) is 10.8. The number of aromatic nitrogens is 1. The highest BCUT2D eigenvalue weighted by molar-refractivity contribution is 5.81. The zero-order chi connectivity index (χ0) is 11.8. The lowest BCUT2D eigenvalue weighted by Crippen LogP contribution is -2.22. The molecule has 1 heterocycles. The third-order valence-corrected chi connectivity index (χ3v) is 2.64. The van der Waals surface area contributed by atoms with Gasteiger partial charge in [0.1, 0.15) is 5.60 Å². The summed E-state index contributed by atoms with van der Waals surface area (Å²) < 4.78 is 0. The molecule has 0 aliphatic rings. The normalized spacial score (nSPS) is 14.7. The minimum atomic E-state index is -1.43. The number of hydrogen-bond donors (Lipinski definition) is 1. The largest absolute Gasteiger partial charge is 0.378 e. The summed E-state index contributed by atoms with van der Waals surface area (Å²) >= 11 is 0. The van der Waals surface area contributed by atoms with E-state index in [1.165, 1.54) is 6.92 Å². The first-order valence-corrected chi connectivity index (χ1v) is 5.09. The Morgan fingerprint density at radius 3 is 2.75 bits per heavy atom. The van der Waals surface area contributed by atoms with Crippen molar-refractivity contribution in [3.63, 3.8) is 0 Å². The molecule has 0 saturated carbocycles. The predicted molar refractivity (Wildman–Crippen MR) is 62.1 cm³/mol. The number of fused-ring (bicyclic) bond motifs is 1. The molecule has 0 spiro atoms. The van der Waals surface area contributed by atoms with Crippen LogP contribution in [-0.2, 0) is 10.4 Å². The second kappa shape index (κ2) is 3.68. The Hall–Kier alpha value is -1.74. The average Bonchev–Trinajstić information content (AvgIpc) is 2.28. The van der Waals surface area contributed by atoms with Crippen molar-refractivity contribution >= 4 is 17.2 Å². The van der Waals surface area contributed by atoms with Gasteiger partial charge in [0.05, 0.1) is 5.52 Å². The van der Waals surface area contributed by atoms with Crippen molar-refractivity contribution in [2.24, 2.45) is 0 Å². The van der Waals surface area contributed by atoms with Crippen molar-refractivity contribution in [1.82, 2.24) is 4.98 Å². The van der Waals surface area contributed by atoms with E-state index in [1.807, 2.05) is 25.1 Å². The number of hydrogen-bond acceptors (Lipinski definition) is 3. The summed E-state index contributed by atoms with van der Waals surface area (Å²) in [6, 6.07) is 9.17. The van der Waals surface area contributed by atoms with Crippen LogP contribution in [-0.4, -0.2) is 16.4 Å². The molecule has 0 aliphatic heterocycles. The Morgan fingerprint density at radius 2 is 2.06 bits per heavy atom. The third-order valence-electron chi connectivity index (χ3n) is 2.64. The highest BCUT2D eigenvalue weighted by Crippen LogP contribution is 2.22. The Kier molecular flexibility index (Phi) is 2.48. The molecule has 1 atom stereocenters. The van der Waals surface area contributed by atoms with Gasteiger partial charge in [-0.1, -0.05) is 12.1 Å². The van der Waals surface area contributed by atoms with E-state index in [1.54, 1.807) is 12.1 Å². The maximum absolute atomic E-state index is 10.8. The number of pyridine rings is 1. The van der Waals surface area contributed by atoms with Gasteiger partial charge in [-0.25, -0.2) is 0 Å². The second-order valence-corrected chi connectivity index (χ2v) is 4.13. The van der Waals surface area contributed by atoms with Gasteiger partial charge in [0.25, 0.3) is 0 Å². The quantitative estimate of drug-likeness (QED) is 0.779. The highest BCUT2D eigenvalue weighted by atomic mass is 16.3. The molecule has 3 nitrogen and oxygen atoms in total. The number of rotatable bonds is 2. The molecule has 0 amide bonds. The summed E-state index contributed by atoms with van der Waals surface area (Å²) in [7, 11) is 0. The lowest BCUT2D eigenvalue weighted by atomic mass is 9.96. The summed E-state index contributed by atoms with van der Waals surface area (Å²) in [6.45, 7) is 3.40. The fourth-order valence-electron chi connectivity index (χ4n) is 1.61. The molecule has 3 heteroatoms. The highest BCUT2D eigenvalue weighted by Gasteiger charge is 2.21. The van der Waals surface area contributed by atoms with Crippen LogP contribution in [0, 0.1) is 6.92 Å². The van der Waals surface area contributed by atoms with Crippen molar-refractivity contribution in [3.05, 3.63) is 41.6 Å². The minimum absolute atomic E-state index is 0.537. The van der Waals surface area contributed by atoms with Crippen LogP contribution in [0.25, 0.3) is 10.9 Å². The van der Waals surface area contributed by atoms with Gasteiger partial charge in [-0.15, -0.1) is 0 Å². The molecule has 2 aromatic rings. The number of aliphatic hydroxyl groups is 1. The molecule has 1 aromatic carbocycles. The Bertz CT molecular complexity index is 547. The fraction of sp³-hybridized carbons (Fsp3) is 0.231. The molecule has 0 aliphatic carbocycles. The monoisotopic (exact) mass is 215 g/mol. The van der Waals surface area contributed by atoms with E-state index in [0.717, 1.165) is 16.6 Å². The Labute approximate surface area is 93.7 Å². The number of nitrogens with zero attached hydrogens (tertiary/aromatic N) is 1. The summed E-state index contributed by atoms with van der Waals surface area (Å²) in [6.07, 6.45) is 0.537. The maximum atomic E-state index is 10.8. The summed E-state index contributed by atoms with van der Waals surface area (Å²) in [4.78, 5) is 15.1. The molecule has 16 heavy (non-hydrogen) atoms. The van der Waals surface area contributed by atoms with Crippen LogP contribution in [0.5, 0.6) is 0 Å². The molecule has 82 valence electrons. The molecule has 0 fully saturated rings. The smallest absolute Gasteiger partial charge is 0.155 e. The molecule has 0 radical (unpaired) electrons. The third kappa shape index (κ3) is 1.82. The number of aryl methyl sites for hydroxylation is 1. The van der Waals surface area contributed by atoms with Gasteiger partial charge in [-0.2, -0.15) is 0 Å². The predicted octanol–water partition coefficient (Wildman–Crippen LogP) is 1.95. The number of benzene rings is 1. The van der Waals surface area contributed by atoms with Gasteiger partial charge >= 0.3 is 0 Å². The molecule has 1 N–H and O–H groups in total. The second-order valence-electron chi connectivity index (χ2n) is 4.13. The van der Waals surface area contributed by atoms with Gasteiger partial charge in [-0.05, 0) is 37.6 Å². The number of aldehydes is 1. The minimum Gasteiger partial charge on any atom is -0.378 e. The Balaban J connectivity index is 2.61.